The summed E-state index contributed by atoms with van der Waals surface area (Å²) in [5.74, 6) is -2.11. The molecule has 3 amide bonds. The first-order valence-electron chi connectivity index (χ1n) is 11.1. The fourth-order valence-corrected chi connectivity index (χ4v) is 3.45. The minimum Gasteiger partial charge on any atom is -0.481 e. The van der Waals surface area contributed by atoms with E-state index in [9.17, 15) is 19.2 Å². The number of benzene rings is 3. The molecule has 8 heteroatoms. The summed E-state index contributed by atoms with van der Waals surface area (Å²) in [7, 11) is 0. The normalized spacial score (nSPS) is 11.2. The third-order valence-corrected chi connectivity index (χ3v) is 5.26. The number of carbonyl (C=O) groups excluding carboxylic acids is 3. The average molecular weight is 474 g/mol. The lowest BCUT2D eigenvalue weighted by Crippen LogP contribution is -2.46. The number of nitrogens with one attached hydrogen (secondary N) is 3. The molecule has 0 spiro atoms. The van der Waals surface area contributed by atoms with Crippen LogP contribution in [-0.4, -0.2) is 34.8 Å². The minimum absolute atomic E-state index is 0.0274. The van der Waals surface area contributed by atoms with Crippen molar-refractivity contribution in [3.63, 3.8) is 0 Å². The highest BCUT2D eigenvalue weighted by atomic mass is 16.4. The first-order valence-corrected chi connectivity index (χ1v) is 11.1. The second kappa shape index (κ2) is 12.1. The molecule has 180 valence electrons. The van der Waals surface area contributed by atoms with E-state index in [4.69, 9.17) is 5.11 Å². The number of carboxylic acids is 1. The SMILES string of the molecule is CC(=O)Nc1ccc(-c2ccc(C(=O)NC(CCC(=O)O)C(=O)NCc3ccccc3)cc2)cc1. The third-order valence-electron chi connectivity index (χ3n) is 5.26. The second-order valence-corrected chi connectivity index (χ2v) is 8.00. The van der Waals surface area contributed by atoms with Gasteiger partial charge in [0.25, 0.3) is 5.91 Å². The van der Waals surface area contributed by atoms with Gasteiger partial charge in [0.15, 0.2) is 0 Å². The van der Waals surface area contributed by atoms with Crippen molar-refractivity contribution in [1.29, 1.82) is 0 Å². The second-order valence-electron chi connectivity index (χ2n) is 8.00. The monoisotopic (exact) mass is 473 g/mol. The van der Waals surface area contributed by atoms with Crippen LogP contribution in [0.15, 0.2) is 78.9 Å². The quantitative estimate of drug-likeness (QED) is 0.358. The van der Waals surface area contributed by atoms with Gasteiger partial charge in [-0.2, -0.15) is 0 Å². The van der Waals surface area contributed by atoms with Crippen molar-refractivity contribution < 1.29 is 24.3 Å². The van der Waals surface area contributed by atoms with Crippen LogP contribution in [-0.2, 0) is 20.9 Å². The van der Waals surface area contributed by atoms with Crippen molar-refractivity contribution in [1.82, 2.24) is 10.6 Å². The standard InChI is InChI=1S/C27H27N3O5/c1-18(31)29-23-13-11-21(12-14-23)20-7-9-22(10-8-20)26(34)30-24(15-16-25(32)33)27(35)28-17-19-5-3-2-4-6-19/h2-14,24H,15-17H2,1H3,(H,28,35)(H,29,31)(H,30,34)(H,32,33). The topological polar surface area (TPSA) is 125 Å². The Labute approximate surface area is 203 Å². The maximum Gasteiger partial charge on any atom is 0.303 e. The molecular weight excluding hydrogens is 446 g/mol. The third kappa shape index (κ3) is 7.82. The molecule has 0 aliphatic rings. The van der Waals surface area contributed by atoms with Gasteiger partial charge in [-0.1, -0.05) is 54.6 Å². The Kier molecular flexibility index (Phi) is 8.72. The van der Waals surface area contributed by atoms with E-state index in [1.54, 1.807) is 36.4 Å². The van der Waals surface area contributed by atoms with Gasteiger partial charge in [0.05, 0.1) is 0 Å². The Morgan fingerprint density at radius 2 is 1.43 bits per heavy atom. The van der Waals surface area contributed by atoms with Crippen LogP contribution in [0.1, 0.15) is 35.7 Å². The van der Waals surface area contributed by atoms with Gasteiger partial charge in [0.1, 0.15) is 6.04 Å². The van der Waals surface area contributed by atoms with Crippen molar-refractivity contribution in [3.05, 3.63) is 90.0 Å². The van der Waals surface area contributed by atoms with Crippen LogP contribution in [0.2, 0.25) is 0 Å². The number of carboxylic acid groups (broad SMARTS) is 1. The van der Waals surface area contributed by atoms with E-state index in [1.807, 2.05) is 42.5 Å². The Morgan fingerprint density at radius 3 is 2.00 bits per heavy atom. The lowest BCUT2D eigenvalue weighted by Gasteiger charge is -2.18. The van der Waals surface area contributed by atoms with E-state index in [-0.39, 0.29) is 25.3 Å². The largest absolute Gasteiger partial charge is 0.481 e. The van der Waals surface area contributed by atoms with Crippen molar-refractivity contribution in [2.75, 3.05) is 5.32 Å². The van der Waals surface area contributed by atoms with E-state index in [2.05, 4.69) is 16.0 Å². The molecule has 0 bridgehead atoms. The fourth-order valence-electron chi connectivity index (χ4n) is 3.45. The summed E-state index contributed by atoms with van der Waals surface area (Å²) in [5, 5.41) is 17.2. The van der Waals surface area contributed by atoms with Crippen molar-refractivity contribution in [2.24, 2.45) is 0 Å². The summed E-state index contributed by atoms with van der Waals surface area (Å²) in [6.07, 6.45) is -0.280. The van der Waals surface area contributed by atoms with Crippen LogP contribution < -0.4 is 16.0 Å². The van der Waals surface area contributed by atoms with Crippen molar-refractivity contribution in [3.8, 4) is 11.1 Å². The summed E-state index contributed by atoms with van der Waals surface area (Å²) in [5.41, 5.74) is 3.71. The molecule has 0 fully saturated rings. The van der Waals surface area contributed by atoms with E-state index in [0.29, 0.717) is 11.3 Å². The molecule has 3 aromatic carbocycles. The van der Waals surface area contributed by atoms with Crippen molar-refractivity contribution in [2.45, 2.75) is 32.4 Å². The summed E-state index contributed by atoms with van der Waals surface area (Å²) in [4.78, 5) is 47.7. The molecule has 1 atom stereocenters. The van der Waals surface area contributed by atoms with Crippen LogP contribution in [0.5, 0.6) is 0 Å². The molecule has 8 nitrogen and oxygen atoms in total. The number of rotatable bonds is 10. The molecule has 0 saturated carbocycles. The zero-order valence-electron chi connectivity index (χ0n) is 19.3. The molecule has 4 N–H and O–H groups in total. The molecule has 0 radical (unpaired) electrons. The highest BCUT2D eigenvalue weighted by Crippen LogP contribution is 2.22. The van der Waals surface area contributed by atoms with Gasteiger partial charge < -0.3 is 21.1 Å². The predicted molar refractivity (Wildman–Crippen MR) is 133 cm³/mol. The number of hydrogen-bond donors (Lipinski definition) is 4. The summed E-state index contributed by atoms with van der Waals surface area (Å²) in [6.45, 7) is 1.71. The first-order chi connectivity index (χ1) is 16.8. The van der Waals surface area contributed by atoms with E-state index < -0.39 is 23.8 Å². The molecule has 0 aromatic heterocycles. The summed E-state index contributed by atoms with van der Waals surface area (Å²) in [6, 6.07) is 22.5. The van der Waals surface area contributed by atoms with Gasteiger partial charge in [-0.25, -0.2) is 0 Å². The summed E-state index contributed by atoms with van der Waals surface area (Å²) < 4.78 is 0. The molecule has 1 unspecified atom stereocenters. The molecule has 0 saturated heterocycles. The van der Waals surface area contributed by atoms with E-state index in [1.165, 1.54) is 6.92 Å². The number of amides is 3. The van der Waals surface area contributed by atoms with Gasteiger partial charge in [0.2, 0.25) is 11.8 Å². The van der Waals surface area contributed by atoms with E-state index >= 15 is 0 Å². The fraction of sp³-hybridized carbons (Fsp3) is 0.185. The maximum atomic E-state index is 12.8. The number of aliphatic carboxylic acids is 1. The highest BCUT2D eigenvalue weighted by molar-refractivity contribution is 5.98. The number of carbonyl (C=O) groups is 4. The van der Waals surface area contributed by atoms with E-state index in [0.717, 1.165) is 16.7 Å². The van der Waals surface area contributed by atoms with Crippen LogP contribution in [0.25, 0.3) is 11.1 Å². The zero-order valence-corrected chi connectivity index (χ0v) is 19.3. The van der Waals surface area contributed by atoms with Crippen LogP contribution in [0.3, 0.4) is 0 Å². The average Bonchev–Trinajstić information content (AvgIpc) is 2.85. The first kappa shape index (κ1) is 25.2. The molecule has 0 aliphatic heterocycles. The molecule has 3 rings (SSSR count). The van der Waals surface area contributed by atoms with Crippen LogP contribution in [0, 0.1) is 0 Å². The highest BCUT2D eigenvalue weighted by Gasteiger charge is 2.22. The zero-order chi connectivity index (χ0) is 25.2. The van der Waals surface area contributed by atoms with Gasteiger partial charge in [-0.3, -0.25) is 19.2 Å². The van der Waals surface area contributed by atoms with Crippen LogP contribution >= 0.6 is 0 Å². The van der Waals surface area contributed by atoms with Gasteiger partial charge in [0, 0.05) is 31.1 Å². The van der Waals surface area contributed by atoms with Crippen molar-refractivity contribution >= 4 is 29.4 Å². The van der Waals surface area contributed by atoms with Gasteiger partial charge in [-0.15, -0.1) is 0 Å². The Balaban J connectivity index is 1.65. The number of anilines is 1. The van der Waals surface area contributed by atoms with Crippen LogP contribution in [0.4, 0.5) is 5.69 Å². The number of hydrogen-bond acceptors (Lipinski definition) is 4. The maximum absolute atomic E-state index is 12.8. The van der Waals surface area contributed by atoms with Gasteiger partial charge in [-0.05, 0) is 47.4 Å². The smallest absolute Gasteiger partial charge is 0.303 e. The molecule has 3 aromatic rings. The molecule has 0 heterocycles. The Morgan fingerprint density at radius 1 is 0.829 bits per heavy atom. The minimum atomic E-state index is -1.05. The Bertz CT molecular complexity index is 1180. The summed E-state index contributed by atoms with van der Waals surface area (Å²) >= 11 is 0. The molecular formula is C27H27N3O5. The lowest BCUT2D eigenvalue weighted by molar-refractivity contribution is -0.137. The lowest BCUT2D eigenvalue weighted by atomic mass is 10.0. The predicted octanol–water partition coefficient (Wildman–Crippen LogP) is 3.59. The Hall–Kier alpha value is -4.46. The molecule has 0 aliphatic carbocycles. The molecule has 35 heavy (non-hydrogen) atoms. The van der Waals surface area contributed by atoms with Gasteiger partial charge >= 0.3 is 5.97 Å².